The summed E-state index contributed by atoms with van der Waals surface area (Å²) in [6.07, 6.45) is 4.38. The number of nitrogens with zero attached hydrogens (tertiary/aromatic N) is 1. The fourth-order valence-corrected chi connectivity index (χ4v) is 3.20. The molecule has 2 heterocycles. The fraction of sp³-hybridized carbons (Fsp3) is 0.467. The lowest BCUT2D eigenvalue weighted by atomic mass is 10.1. The van der Waals surface area contributed by atoms with E-state index >= 15 is 0 Å². The van der Waals surface area contributed by atoms with Crippen LogP contribution in [0.15, 0.2) is 18.3 Å². The van der Waals surface area contributed by atoms with Crippen LogP contribution < -0.4 is 5.32 Å². The van der Waals surface area contributed by atoms with Gasteiger partial charge in [0, 0.05) is 24.4 Å². The third-order valence-corrected chi connectivity index (χ3v) is 4.40. The number of aromatic nitrogens is 1. The summed E-state index contributed by atoms with van der Waals surface area (Å²) in [7, 11) is 0. The molecule has 1 saturated heterocycles. The first kappa shape index (κ1) is 14.9. The van der Waals surface area contributed by atoms with Crippen molar-refractivity contribution in [1.29, 1.82) is 0 Å². The number of aliphatic hydroxyl groups is 1. The van der Waals surface area contributed by atoms with Gasteiger partial charge in [-0.2, -0.15) is 11.8 Å². The summed E-state index contributed by atoms with van der Waals surface area (Å²) in [5.41, 5.74) is 0.971. The molecule has 1 aromatic heterocycles. The number of rotatable bonds is 4. The number of nitrogens with one attached hydrogen (secondary N) is 1. The molecular formula is C15H18N2O2S. The number of hydrogen-bond acceptors (Lipinski definition) is 4. The van der Waals surface area contributed by atoms with Gasteiger partial charge in [-0.1, -0.05) is 11.8 Å². The lowest BCUT2D eigenvalue weighted by Gasteiger charge is -2.10. The largest absolute Gasteiger partial charge is 0.395 e. The Kier molecular flexibility index (Phi) is 5.90. The van der Waals surface area contributed by atoms with Crippen molar-refractivity contribution in [2.45, 2.75) is 24.5 Å². The van der Waals surface area contributed by atoms with Crippen molar-refractivity contribution >= 4 is 17.7 Å². The van der Waals surface area contributed by atoms with Crippen LogP contribution in [-0.2, 0) is 0 Å². The molecule has 0 radical (unpaired) electrons. The third-order valence-electron chi connectivity index (χ3n) is 3.00. The first-order valence-electron chi connectivity index (χ1n) is 6.76. The Labute approximate surface area is 123 Å². The lowest BCUT2D eigenvalue weighted by molar-refractivity contribution is 0.0948. The van der Waals surface area contributed by atoms with Crippen LogP contribution in [0.2, 0.25) is 0 Å². The molecule has 20 heavy (non-hydrogen) atoms. The van der Waals surface area contributed by atoms with E-state index in [0.29, 0.717) is 29.5 Å². The minimum Gasteiger partial charge on any atom is -0.395 e. The molecule has 5 heteroatoms. The molecule has 0 aromatic carbocycles. The average molecular weight is 290 g/mol. The molecule has 106 valence electrons. The van der Waals surface area contributed by atoms with Gasteiger partial charge in [-0.25, -0.2) is 4.98 Å². The number of aliphatic hydroxyl groups excluding tert-OH is 1. The maximum atomic E-state index is 12.2. The highest BCUT2D eigenvalue weighted by Gasteiger charge is 2.18. The molecular weight excluding hydrogens is 272 g/mol. The second-order valence-corrected chi connectivity index (χ2v) is 5.93. The van der Waals surface area contributed by atoms with E-state index in [1.807, 2.05) is 11.8 Å². The molecule has 1 unspecified atom stereocenters. The highest BCUT2D eigenvalue weighted by Crippen LogP contribution is 2.25. The summed E-state index contributed by atoms with van der Waals surface area (Å²) in [5, 5.41) is 12.2. The Bertz CT molecular complexity index is 516. The second-order valence-electron chi connectivity index (χ2n) is 4.52. The SMILES string of the molecule is O=C(NCC1CCCS1)c1ncccc1C#CCCO. The van der Waals surface area contributed by atoms with E-state index in [0.717, 1.165) is 6.42 Å². The zero-order valence-corrected chi connectivity index (χ0v) is 12.1. The van der Waals surface area contributed by atoms with E-state index in [4.69, 9.17) is 5.11 Å². The summed E-state index contributed by atoms with van der Waals surface area (Å²) >= 11 is 1.91. The molecule has 0 bridgehead atoms. The first-order valence-corrected chi connectivity index (χ1v) is 7.80. The maximum Gasteiger partial charge on any atom is 0.271 e. The van der Waals surface area contributed by atoms with Gasteiger partial charge in [0.2, 0.25) is 0 Å². The van der Waals surface area contributed by atoms with Gasteiger partial charge in [0.25, 0.3) is 5.91 Å². The highest BCUT2D eigenvalue weighted by atomic mass is 32.2. The van der Waals surface area contributed by atoms with Gasteiger partial charge < -0.3 is 10.4 Å². The van der Waals surface area contributed by atoms with Crippen molar-refractivity contribution in [3.05, 3.63) is 29.6 Å². The van der Waals surface area contributed by atoms with E-state index in [1.54, 1.807) is 18.3 Å². The molecule has 1 atom stereocenters. The van der Waals surface area contributed by atoms with Crippen LogP contribution in [0.1, 0.15) is 35.3 Å². The Balaban J connectivity index is 1.99. The minimum atomic E-state index is -0.175. The van der Waals surface area contributed by atoms with Gasteiger partial charge in [0.15, 0.2) is 0 Å². The summed E-state index contributed by atoms with van der Waals surface area (Å²) < 4.78 is 0. The molecule has 0 spiro atoms. The Morgan fingerprint density at radius 1 is 1.60 bits per heavy atom. The van der Waals surface area contributed by atoms with E-state index < -0.39 is 0 Å². The molecule has 0 aliphatic carbocycles. The van der Waals surface area contributed by atoms with Crippen LogP contribution in [0.25, 0.3) is 0 Å². The normalized spacial score (nSPS) is 17.4. The first-order chi connectivity index (χ1) is 9.81. The number of amides is 1. The topological polar surface area (TPSA) is 62.2 Å². The number of pyridine rings is 1. The number of carbonyl (C=O) groups is 1. The summed E-state index contributed by atoms with van der Waals surface area (Å²) in [4.78, 5) is 16.3. The molecule has 1 amide bonds. The molecule has 1 fully saturated rings. The van der Waals surface area contributed by atoms with E-state index in [2.05, 4.69) is 22.1 Å². The van der Waals surface area contributed by atoms with Gasteiger partial charge in [0.1, 0.15) is 5.69 Å². The van der Waals surface area contributed by atoms with Crippen molar-refractivity contribution in [3.8, 4) is 11.8 Å². The van der Waals surface area contributed by atoms with Crippen LogP contribution in [0.4, 0.5) is 0 Å². The van der Waals surface area contributed by atoms with Crippen LogP contribution in [0, 0.1) is 11.8 Å². The predicted octanol–water partition coefficient (Wildman–Crippen LogP) is 1.44. The van der Waals surface area contributed by atoms with Gasteiger partial charge >= 0.3 is 0 Å². The van der Waals surface area contributed by atoms with E-state index in [-0.39, 0.29) is 12.5 Å². The highest BCUT2D eigenvalue weighted by molar-refractivity contribution is 8.00. The third kappa shape index (κ3) is 4.26. The molecule has 1 aliphatic heterocycles. The quantitative estimate of drug-likeness (QED) is 0.824. The lowest BCUT2D eigenvalue weighted by Crippen LogP contribution is -2.30. The molecule has 4 nitrogen and oxygen atoms in total. The number of thioether (sulfide) groups is 1. The van der Waals surface area contributed by atoms with E-state index in [1.165, 1.54) is 12.2 Å². The second kappa shape index (κ2) is 7.93. The number of hydrogen-bond donors (Lipinski definition) is 2. The predicted molar refractivity (Wildman–Crippen MR) is 80.6 cm³/mol. The molecule has 2 N–H and O–H groups in total. The zero-order chi connectivity index (χ0) is 14.2. The number of carbonyl (C=O) groups excluding carboxylic acids is 1. The van der Waals surface area contributed by atoms with Gasteiger partial charge in [-0.15, -0.1) is 0 Å². The van der Waals surface area contributed by atoms with Crippen LogP contribution >= 0.6 is 11.8 Å². The van der Waals surface area contributed by atoms with Crippen LogP contribution in [-0.4, -0.2) is 40.2 Å². The fourth-order valence-electron chi connectivity index (χ4n) is 2.00. The standard InChI is InChI=1S/C15H18N2O2S/c18-9-2-1-5-12-6-3-8-16-14(12)15(19)17-11-13-7-4-10-20-13/h3,6,8,13,18H,2,4,7,9-11H2,(H,17,19). The average Bonchev–Trinajstić information content (AvgIpc) is 2.99. The Morgan fingerprint density at radius 2 is 2.50 bits per heavy atom. The Hall–Kier alpha value is -1.51. The van der Waals surface area contributed by atoms with Gasteiger partial charge in [0.05, 0.1) is 12.2 Å². The molecule has 1 aliphatic rings. The zero-order valence-electron chi connectivity index (χ0n) is 11.3. The van der Waals surface area contributed by atoms with Gasteiger partial charge in [-0.05, 0) is 30.7 Å². The Morgan fingerprint density at radius 3 is 3.25 bits per heavy atom. The van der Waals surface area contributed by atoms with Crippen molar-refractivity contribution in [1.82, 2.24) is 10.3 Å². The molecule has 0 saturated carbocycles. The van der Waals surface area contributed by atoms with Crippen LogP contribution in [0.5, 0.6) is 0 Å². The molecule has 2 rings (SSSR count). The maximum absolute atomic E-state index is 12.2. The van der Waals surface area contributed by atoms with Crippen molar-refractivity contribution in [3.63, 3.8) is 0 Å². The minimum absolute atomic E-state index is 0.0215. The van der Waals surface area contributed by atoms with Crippen molar-refractivity contribution < 1.29 is 9.90 Å². The van der Waals surface area contributed by atoms with Crippen molar-refractivity contribution in [2.24, 2.45) is 0 Å². The van der Waals surface area contributed by atoms with Crippen LogP contribution in [0.3, 0.4) is 0 Å². The van der Waals surface area contributed by atoms with Crippen molar-refractivity contribution in [2.75, 3.05) is 18.9 Å². The molecule has 1 aromatic rings. The van der Waals surface area contributed by atoms with Gasteiger partial charge in [-0.3, -0.25) is 4.79 Å². The summed E-state index contributed by atoms with van der Waals surface area (Å²) in [5.74, 6) is 6.71. The van der Waals surface area contributed by atoms with E-state index in [9.17, 15) is 4.79 Å². The smallest absolute Gasteiger partial charge is 0.271 e. The summed E-state index contributed by atoms with van der Waals surface area (Å²) in [6.45, 7) is 0.706. The monoisotopic (exact) mass is 290 g/mol. The summed E-state index contributed by atoms with van der Waals surface area (Å²) in [6, 6.07) is 3.53.